The van der Waals surface area contributed by atoms with Crippen molar-refractivity contribution in [1.29, 1.82) is 0 Å². The minimum atomic E-state index is 0.241. The summed E-state index contributed by atoms with van der Waals surface area (Å²) in [4.78, 5) is 12.6. The summed E-state index contributed by atoms with van der Waals surface area (Å²) in [6.07, 6.45) is 5.57. The number of hydrogen-bond acceptors (Lipinski definition) is 5. The molecule has 0 saturated carbocycles. The van der Waals surface area contributed by atoms with Crippen molar-refractivity contribution in [2.24, 2.45) is 5.92 Å². The molecule has 6 heteroatoms. The number of hydrogen-bond donors (Lipinski definition) is 0. The van der Waals surface area contributed by atoms with Crippen LogP contribution in [0.25, 0.3) is 0 Å². The van der Waals surface area contributed by atoms with Crippen LogP contribution in [0.1, 0.15) is 39.2 Å². The number of halogens is 1. The van der Waals surface area contributed by atoms with Crippen molar-refractivity contribution in [1.82, 2.24) is 14.8 Å². The van der Waals surface area contributed by atoms with E-state index in [1.807, 2.05) is 31.5 Å². The topological polar surface area (TPSA) is 31.8 Å². The zero-order chi connectivity index (χ0) is 24.1. The van der Waals surface area contributed by atoms with Gasteiger partial charge in [0.2, 0.25) is 0 Å². The van der Waals surface area contributed by atoms with E-state index in [1.165, 1.54) is 18.4 Å². The minimum absolute atomic E-state index is 0.241. The van der Waals surface area contributed by atoms with Crippen molar-refractivity contribution in [2.45, 2.75) is 64.3 Å². The summed E-state index contributed by atoms with van der Waals surface area (Å²) < 4.78 is 5.66. The third-order valence-electron chi connectivity index (χ3n) is 7.74. The van der Waals surface area contributed by atoms with Gasteiger partial charge in [-0.25, -0.2) is 4.98 Å². The van der Waals surface area contributed by atoms with E-state index in [9.17, 15) is 0 Å². The Kier molecular flexibility index (Phi) is 8.86. The Morgan fingerprint density at radius 3 is 2.38 bits per heavy atom. The van der Waals surface area contributed by atoms with Crippen molar-refractivity contribution in [3.8, 4) is 0 Å². The lowest BCUT2D eigenvalue weighted by Gasteiger charge is -2.52. The first kappa shape index (κ1) is 25.4. The summed E-state index contributed by atoms with van der Waals surface area (Å²) in [6, 6.07) is 16.3. The molecule has 0 spiro atoms. The molecule has 0 bridgehead atoms. The molecule has 1 aromatic carbocycles. The number of anilines is 1. The molecule has 0 N–H and O–H groups in total. The Hall–Kier alpha value is -1.66. The van der Waals surface area contributed by atoms with Crippen molar-refractivity contribution in [3.63, 3.8) is 0 Å². The van der Waals surface area contributed by atoms with Gasteiger partial charge in [0, 0.05) is 69.2 Å². The summed E-state index contributed by atoms with van der Waals surface area (Å²) in [7, 11) is 1.83. The van der Waals surface area contributed by atoms with Gasteiger partial charge in [-0.2, -0.15) is 0 Å². The van der Waals surface area contributed by atoms with Crippen LogP contribution in [-0.4, -0.2) is 78.8 Å². The molecule has 1 aromatic heterocycles. The van der Waals surface area contributed by atoms with E-state index in [4.69, 9.17) is 16.3 Å². The van der Waals surface area contributed by atoms with E-state index in [-0.39, 0.29) is 6.10 Å². The van der Waals surface area contributed by atoms with E-state index in [0.717, 1.165) is 50.0 Å². The van der Waals surface area contributed by atoms with Gasteiger partial charge in [0.25, 0.3) is 0 Å². The summed E-state index contributed by atoms with van der Waals surface area (Å²) in [5.74, 6) is 1.72. The molecule has 0 amide bonds. The van der Waals surface area contributed by atoms with Gasteiger partial charge in [0.05, 0.1) is 6.10 Å². The average Bonchev–Trinajstić information content (AvgIpc) is 2.86. The average molecular weight is 485 g/mol. The van der Waals surface area contributed by atoms with Crippen molar-refractivity contribution >= 4 is 17.4 Å². The Morgan fingerprint density at radius 2 is 1.76 bits per heavy atom. The minimum Gasteiger partial charge on any atom is -0.380 e. The van der Waals surface area contributed by atoms with E-state index >= 15 is 0 Å². The fraction of sp³-hybridized carbons (Fsp3) is 0.607. The third kappa shape index (κ3) is 6.31. The second kappa shape index (κ2) is 11.9. The highest BCUT2D eigenvalue weighted by Crippen LogP contribution is 2.30. The van der Waals surface area contributed by atoms with E-state index < -0.39 is 0 Å². The van der Waals surface area contributed by atoms with Gasteiger partial charge >= 0.3 is 0 Å². The first-order valence-electron chi connectivity index (χ1n) is 12.9. The van der Waals surface area contributed by atoms with Gasteiger partial charge in [-0.05, 0) is 61.9 Å². The maximum Gasteiger partial charge on any atom is 0.128 e. The van der Waals surface area contributed by atoms with Crippen LogP contribution in [0.15, 0.2) is 48.7 Å². The Morgan fingerprint density at radius 1 is 1.03 bits per heavy atom. The predicted octanol–water partition coefficient (Wildman–Crippen LogP) is 4.99. The number of rotatable bonds is 8. The molecule has 2 aromatic rings. The quantitative estimate of drug-likeness (QED) is 0.526. The second-order valence-corrected chi connectivity index (χ2v) is 10.8. The number of aromatic nitrogens is 1. The van der Waals surface area contributed by atoms with Crippen molar-refractivity contribution in [2.75, 3.05) is 44.7 Å². The van der Waals surface area contributed by atoms with Gasteiger partial charge in [-0.1, -0.05) is 43.6 Å². The van der Waals surface area contributed by atoms with Crippen molar-refractivity contribution < 1.29 is 4.74 Å². The molecule has 2 fully saturated rings. The standard InChI is InChI=1S/C28H41ClN4O/c1-21(2)27-20-33(25-12-15-31(16-13-25)28-7-5-6-14-30-28)26(19-32(27)18-22(3)34-4)17-23-8-10-24(29)11-9-23/h5-11,14,21-22,25-27H,12-13,15-20H2,1-4H3/t22-,26+,27-/m1/s1. The second-order valence-electron chi connectivity index (χ2n) is 10.4. The number of piperazine rings is 1. The SMILES string of the molecule is CO[C@H](C)CN1C[C@H](Cc2ccc(Cl)cc2)N(C2CCN(c3ccccn3)CC2)C[C@@H]1C(C)C. The predicted molar refractivity (Wildman–Crippen MR) is 142 cm³/mol. The lowest BCUT2D eigenvalue weighted by molar-refractivity contribution is -0.0398. The van der Waals surface area contributed by atoms with E-state index in [0.29, 0.717) is 24.0 Å². The van der Waals surface area contributed by atoms with Crippen LogP contribution in [0, 0.1) is 5.92 Å². The van der Waals surface area contributed by atoms with Crippen molar-refractivity contribution in [3.05, 3.63) is 59.2 Å². The summed E-state index contributed by atoms with van der Waals surface area (Å²) >= 11 is 6.18. The van der Waals surface area contributed by atoms with Crippen LogP contribution in [-0.2, 0) is 11.2 Å². The Labute approximate surface area is 211 Å². The van der Waals surface area contributed by atoms with Crippen LogP contribution >= 0.6 is 11.6 Å². The van der Waals surface area contributed by atoms with E-state index in [1.54, 1.807) is 0 Å². The Balaban J connectivity index is 1.51. The maximum absolute atomic E-state index is 6.18. The number of pyridine rings is 1. The molecular formula is C28H41ClN4O. The zero-order valence-corrected chi connectivity index (χ0v) is 22.0. The van der Waals surface area contributed by atoms with Crippen LogP contribution in [0.5, 0.6) is 0 Å². The fourth-order valence-corrected chi connectivity index (χ4v) is 5.85. The molecule has 0 unspecified atom stereocenters. The molecule has 0 radical (unpaired) electrons. The molecule has 3 heterocycles. The molecule has 3 atom stereocenters. The maximum atomic E-state index is 6.18. The van der Waals surface area contributed by atoms with Crippen LogP contribution in [0.2, 0.25) is 5.02 Å². The molecule has 34 heavy (non-hydrogen) atoms. The Bertz CT molecular complexity index is 870. The molecule has 4 rings (SSSR count). The number of methoxy groups -OCH3 is 1. The third-order valence-corrected chi connectivity index (χ3v) is 7.99. The normalized spacial score (nSPS) is 24.0. The molecule has 186 valence electrons. The summed E-state index contributed by atoms with van der Waals surface area (Å²) in [6.45, 7) is 12.3. The smallest absolute Gasteiger partial charge is 0.128 e. The number of ether oxygens (including phenoxy) is 1. The number of benzene rings is 1. The fourth-order valence-electron chi connectivity index (χ4n) is 5.73. The number of nitrogens with zero attached hydrogens (tertiary/aromatic N) is 4. The van der Waals surface area contributed by atoms with Crippen LogP contribution < -0.4 is 4.90 Å². The van der Waals surface area contributed by atoms with Crippen LogP contribution in [0.4, 0.5) is 5.82 Å². The summed E-state index contributed by atoms with van der Waals surface area (Å²) in [5.41, 5.74) is 1.37. The first-order valence-corrected chi connectivity index (χ1v) is 13.3. The molecule has 2 saturated heterocycles. The summed E-state index contributed by atoms with van der Waals surface area (Å²) in [5, 5.41) is 0.807. The monoisotopic (exact) mass is 484 g/mol. The van der Waals surface area contributed by atoms with Gasteiger partial charge in [-0.3, -0.25) is 9.80 Å². The van der Waals surface area contributed by atoms with Gasteiger partial charge < -0.3 is 9.64 Å². The molecule has 2 aliphatic heterocycles. The highest BCUT2D eigenvalue weighted by molar-refractivity contribution is 6.30. The van der Waals surface area contributed by atoms with Gasteiger partial charge in [-0.15, -0.1) is 0 Å². The molecule has 2 aliphatic rings. The molecule has 0 aliphatic carbocycles. The lowest BCUT2D eigenvalue weighted by atomic mass is 9.90. The van der Waals surface area contributed by atoms with Gasteiger partial charge in [0.1, 0.15) is 5.82 Å². The van der Waals surface area contributed by atoms with Crippen LogP contribution in [0.3, 0.4) is 0 Å². The highest BCUT2D eigenvalue weighted by Gasteiger charge is 2.39. The van der Waals surface area contributed by atoms with E-state index in [2.05, 4.69) is 64.7 Å². The molecule has 5 nitrogen and oxygen atoms in total. The number of piperidine rings is 1. The molecular weight excluding hydrogens is 444 g/mol. The highest BCUT2D eigenvalue weighted by atomic mass is 35.5. The largest absolute Gasteiger partial charge is 0.380 e. The zero-order valence-electron chi connectivity index (χ0n) is 21.2. The lowest BCUT2D eigenvalue weighted by Crippen LogP contribution is -2.64. The van der Waals surface area contributed by atoms with Gasteiger partial charge in [0.15, 0.2) is 0 Å². The first-order chi connectivity index (χ1) is 16.4.